The summed E-state index contributed by atoms with van der Waals surface area (Å²) in [4.78, 5) is 45.5. The average Bonchev–Trinajstić information content (AvgIpc) is 3.47. The van der Waals surface area contributed by atoms with Gasteiger partial charge < -0.3 is 10.3 Å². The summed E-state index contributed by atoms with van der Waals surface area (Å²) in [5.74, 6) is -3.34. The number of hydrogen-bond acceptors (Lipinski definition) is 4. The van der Waals surface area contributed by atoms with Gasteiger partial charge in [-0.1, -0.05) is 18.2 Å². The molecule has 2 aromatic carbocycles. The summed E-state index contributed by atoms with van der Waals surface area (Å²) in [6.45, 7) is 5.42. The van der Waals surface area contributed by atoms with Crippen LogP contribution in [0.15, 0.2) is 48.7 Å². The topological polar surface area (TPSA) is 94.3 Å². The minimum atomic E-state index is -1.51. The zero-order valence-electron chi connectivity index (χ0n) is 19.1. The lowest BCUT2D eigenvalue weighted by Gasteiger charge is -2.34. The molecule has 4 heterocycles. The van der Waals surface area contributed by atoms with E-state index in [0.717, 1.165) is 16.5 Å². The van der Waals surface area contributed by atoms with E-state index in [4.69, 9.17) is 0 Å². The van der Waals surface area contributed by atoms with Gasteiger partial charge in [-0.2, -0.15) is 0 Å². The van der Waals surface area contributed by atoms with Gasteiger partial charge in [0.15, 0.2) is 0 Å². The van der Waals surface area contributed by atoms with Gasteiger partial charge in [0.25, 0.3) is 0 Å². The van der Waals surface area contributed by atoms with Crippen molar-refractivity contribution in [2.24, 2.45) is 11.8 Å². The van der Waals surface area contributed by atoms with Crippen LogP contribution in [-0.4, -0.2) is 39.2 Å². The zero-order chi connectivity index (χ0) is 24.0. The van der Waals surface area contributed by atoms with Gasteiger partial charge in [-0.15, -0.1) is 0 Å². The number of benzene rings is 2. The van der Waals surface area contributed by atoms with Crippen LogP contribution in [0.3, 0.4) is 0 Å². The Balaban J connectivity index is 1.51. The van der Waals surface area contributed by atoms with Crippen molar-refractivity contribution in [1.29, 1.82) is 0 Å². The van der Waals surface area contributed by atoms with Gasteiger partial charge in [0.1, 0.15) is 11.4 Å². The molecule has 0 aliphatic carbocycles. The highest BCUT2D eigenvalue weighted by Gasteiger charge is 2.71. The fourth-order valence-electron chi connectivity index (χ4n) is 6.15. The molecule has 3 aromatic rings. The van der Waals surface area contributed by atoms with E-state index in [1.807, 2.05) is 30.5 Å². The third kappa shape index (κ3) is 2.63. The number of aromatic amines is 1. The van der Waals surface area contributed by atoms with Gasteiger partial charge in [-0.25, -0.2) is 4.39 Å². The SMILES string of the molecule is CC(C)(C)N1C(=O)[C@@H]2[C@H](Cc3c[nH]c4ccccc34)N[C@@]3(C(=O)Nc4ccc(F)cc43)[C@@H]2C1=O. The molecule has 3 amide bonds. The summed E-state index contributed by atoms with van der Waals surface area (Å²) in [5, 5.41) is 7.21. The quantitative estimate of drug-likeness (QED) is 0.513. The second kappa shape index (κ2) is 6.76. The van der Waals surface area contributed by atoms with Gasteiger partial charge in [-0.05, 0) is 57.0 Å². The van der Waals surface area contributed by atoms with Crippen molar-refractivity contribution in [3.05, 3.63) is 65.6 Å². The molecule has 2 fully saturated rings. The third-order valence-corrected chi connectivity index (χ3v) is 7.46. The van der Waals surface area contributed by atoms with Crippen molar-refractivity contribution in [2.45, 2.75) is 44.3 Å². The van der Waals surface area contributed by atoms with Crippen molar-refractivity contribution < 1.29 is 18.8 Å². The van der Waals surface area contributed by atoms with E-state index in [1.54, 1.807) is 20.8 Å². The number of likely N-dealkylation sites (tertiary alicyclic amines) is 1. The lowest BCUT2D eigenvalue weighted by Crippen LogP contribution is -2.56. The van der Waals surface area contributed by atoms with Crippen LogP contribution in [-0.2, 0) is 26.3 Å². The van der Waals surface area contributed by atoms with E-state index < -0.39 is 46.6 Å². The highest BCUT2D eigenvalue weighted by molar-refractivity contribution is 6.15. The first-order valence-electron chi connectivity index (χ1n) is 11.4. The molecule has 0 unspecified atom stereocenters. The van der Waals surface area contributed by atoms with Crippen molar-refractivity contribution in [1.82, 2.24) is 15.2 Å². The summed E-state index contributed by atoms with van der Waals surface area (Å²) in [6, 6.07) is 11.4. The molecule has 7 nitrogen and oxygen atoms in total. The van der Waals surface area contributed by atoms with Crippen LogP contribution in [0, 0.1) is 17.7 Å². The third-order valence-electron chi connectivity index (χ3n) is 7.46. The lowest BCUT2D eigenvalue weighted by atomic mass is 9.76. The van der Waals surface area contributed by atoms with Crippen LogP contribution in [0.4, 0.5) is 10.1 Å². The van der Waals surface area contributed by atoms with Crippen molar-refractivity contribution in [2.75, 3.05) is 5.32 Å². The van der Waals surface area contributed by atoms with Crippen LogP contribution in [0.1, 0.15) is 31.9 Å². The molecule has 0 radical (unpaired) electrons. The van der Waals surface area contributed by atoms with E-state index in [0.29, 0.717) is 17.7 Å². The second-order valence-corrected chi connectivity index (χ2v) is 10.5. The smallest absolute Gasteiger partial charge is 0.250 e. The summed E-state index contributed by atoms with van der Waals surface area (Å²) in [6.07, 6.45) is 2.33. The van der Waals surface area contributed by atoms with Crippen LogP contribution in [0.5, 0.6) is 0 Å². The van der Waals surface area contributed by atoms with Crippen LogP contribution in [0.25, 0.3) is 10.9 Å². The Morgan fingerprint density at radius 1 is 1.06 bits per heavy atom. The number of H-pyrrole nitrogens is 1. The molecule has 2 saturated heterocycles. The number of rotatable bonds is 2. The summed E-state index contributed by atoms with van der Waals surface area (Å²) in [7, 11) is 0. The summed E-state index contributed by atoms with van der Waals surface area (Å²) >= 11 is 0. The molecular formula is C26H25FN4O3. The maximum atomic E-state index is 14.4. The average molecular weight is 461 g/mol. The molecule has 1 aromatic heterocycles. The Morgan fingerprint density at radius 3 is 2.59 bits per heavy atom. The Hall–Kier alpha value is -3.52. The number of halogens is 1. The predicted octanol–water partition coefficient (Wildman–Crippen LogP) is 3.07. The molecule has 3 aliphatic heterocycles. The summed E-state index contributed by atoms with van der Waals surface area (Å²) in [5.41, 5.74) is 0.538. The highest BCUT2D eigenvalue weighted by atomic mass is 19.1. The fourth-order valence-corrected chi connectivity index (χ4v) is 6.15. The van der Waals surface area contributed by atoms with Crippen molar-refractivity contribution in [3.8, 4) is 0 Å². The largest absolute Gasteiger partial charge is 0.361 e. The van der Waals surface area contributed by atoms with Crippen molar-refractivity contribution >= 4 is 34.3 Å². The summed E-state index contributed by atoms with van der Waals surface area (Å²) < 4.78 is 14.4. The van der Waals surface area contributed by atoms with Crippen LogP contribution in [0.2, 0.25) is 0 Å². The van der Waals surface area contributed by atoms with Gasteiger partial charge in [0.2, 0.25) is 17.7 Å². The molecule has 1 spiro atoms. The van der Waals surface area contributed by atoms with Gasteiger partial charge in [0, 0.05) is 39.9 Å². The molecule has 8 heteroatoms. The Bertz CT molecular complexity index is 1390. The molecular weight excluding hydrogens is 435 g/mol. The van der Waals surface area contributed by atoms with Crippen LogP contribution >= 0.6 is 0 Å². The fraction of sp³-hybridized carbons (Fsp3) is 0.346. The minimum absolute atomic E-state index is 0.297. The van der Waals surface area contributed by atoms with E-state index in [-0.39, 0.29) is 5.91 Å². The van der Waals surface area contributed by atoms with Crippen LogP contribution < -0.4 is 10.6 Å². The van der Waals surface area contributed by atoms with Gasteiger partial charge in [0.05, 0.1) is 11.8 Å². The highest BCUT2D eigenvalue weighted by Crippen LogP contribution is 2.54. The molecule has 3 aliphatic rings. The number of nitrogens with zero attached hydrogens (tertiary/aromatic N) is 1. The first-order chi connectivity index (χ1) is 16.1. The van der Waals surface area contributed by atoms with E-state index >= 15 is 0 Å². The van der Waals surface area contributed by atoms with Gasteiger partial charge in [-0.3, -0.25) is 24.6 Å². The van der Waals surface area contributed by atoms with Gasteiger partial charge >= 0.3 is 0 Å². The molecule has 34 heavy (non-hydrogen) atoms. The second-order valence-electron chi connectivity index (χ2n) is 10.5. The number of imide groups is 1. The molecule has 6 rings (SSSR count). The van der Waals surface area contributed by atoms with Crippen molar-refractivity contribution in [3.63, 3.8) is 0 Å². The Kier molecular flexibility index (Phi) is 4.18. The Labute approximate surface area is 195 Å². The molecule has 0 bridgehead atoms. The lowest BCUT2D eigenvalue weighted by molar-refractivity contribution is -0.147. The van der Waals surface area contributed by atoms with E-state index in [9.17, 15) is 18.8 Å². The number of fused-ring (bicyclic) bond motifs is 5. The first-order valence-corrected chi connectivity index (χ1v) is 11.4. The number of para-hydroxylation sites is 1. The number of carbonyl (C=O) groups is 3. The molecule has 174 valence electrons. The number of hydrogen-bond donors (Lipinski definition) is 3. The Morgan fingerprint density at radius 2 is 1.82 bits per heavy atom. The monoisotopic (exact) mass is 460 g/mol. The normalized spacial score (nSPS) is 28.2. The maximum Gasteiger partial charge on any atom is 0.250 e. The molecule has 4 atom stereocenters. The first kappa shape index (κ1) is 21.0. The predicted molar refractivity (Wildman–Crippen MR) is 124 cm³/mol. The minimum Gasteiger partial charge on any atom is -0.361 e. The number of carbonyl (C=O) groups excluding carboxylic acids is 3. The zero-order valence-corrected chi connectivity index (χ0v) is 19.1. The number of aromatic nitrogens is 1. The standard InChI is InChI=1S/C26H25FN4O3/c1-25(2,3)31-22(32)20-19(10-13-12-28-17-7-5-4-6-15(13)17)30-26(21(20)23(31)33)16-11-14(27)8-9-18(16)29-24(26)34/h4-9,11-12,19-21,28,30H,10H2,1-3H3,(H,29,34)/t19-,20+,21-,26+/m0/s1. The van der Waals surface area contributed by atoms with E-state index in [1.165, 1.54) is 23.1 Å². The van der Waals surface area contributed by atoms with E-state index in [2.05, 4.69) is 15.6 Å². The maximum absolute atomic E-state index is 14.4. The number of nitrogens with one attached hydrogen (secondary N) is 3. The number of anilines is 1. The number of amides is 3. The molecule has 0 saturated carbocycles. The molecule has 3 N–H and O–H groups in total.